The Morgan fingerprint density at radius 3 is 2.57 bits per heavy atom. The highest BCUT2D eigenvalue weighted by atomic mass is 19.4. The third-order valence-corrected chi connectivity index (χ3v) is 4.00. The Balaban J connectivity index is 1.55. The van der Waals surface area contributed by atoms with E-state index in [0.29, 0.717) is 24.1 Å². The largest absolute Gasteiger partial charge is 0.444 e. The molecular formula is C20H16F4N2O2. The van der Waals surface area contributed by atoms with Crippen LogP contribution in [0.5, 0.6) is 0 Å². The van der Waals surface area contributed by atoms with E-state index in [1.54, 1.807) is 0 Å². The third-order valence-electron chi connectivity index (χ3n) is 4.00. The number of rotatable bonds is 6. The summed E-state index contributed by atoms with van der Waals surface area (Å²) in [5, 5.41) is 2.54. The zero-order valence-corrected chi connectivity index (χ0v) is 14.6. The molecule has 0 bridgehead atoms. The van der Waals surface area contributed by atoms with E-state index in [1.807, 2.05) is 30.3 Å². The molecule has 0 spiro atoms. The number of hydrogen-bond acceptors (Lipinski definition) is 3. The predicted octanol–water partition coefficient (Wildman–Crippen LogP) is 4.40. The van der Waals surface area contributed by atoms with Gasteiger partial charge in [0.25, 0.3) is 0 Å². The van der Waals surface area contributed by atoms with Gasteiger partial charge in [-0.15, -0.1) is 0 Å². The number of oxazole rings is 1. The van der Waals surface area contributed by atoms with E-state index in [0.717, 1.165) is 17.7 Å². The number of nitrogens with zero attached hydrogens (tertiary/aromatic N) is 1. The average molecular weight is 392 g/mol. The lowest BCUT2D eigenvalue weighted by Crippen LogP contribution is -2.28. The van der Waals surface area contributed by atoms with E-state index >= 15 is 0 Å². The molecule has 0 fully saturated rings. The van der Waals surface area contributed by atoms with Crippen molar-refractivity contribution < 1.29 is 26.8 Å². The maximum atomic E-state index is 13.1. The second kappa shape index (κ2) is 8.24. The molecule has 2 aromatic carbocycles. The van der Waals surface area contributed by atoms with E-state index in [2.05, 4.69) is 10.3 Å². The van der Waals surface area contributed by atoms with Crippen LogP contribution in [-0.4, -0.2) is 17.4 Å². The fraction of sp³-hybridized carbons (Fsp3) is 0.200. The van der Waals surface area contributed by atoms with Crippen molar-refractivity contribution in [1.29, 1.82) is 0 Å². The van der Waals surface area contributed by atoms with Crippen LogP contribution in [0, 0.1) is 5.82 Å². The topological polar surface area (TPSA) is 55.1 Å². The van der Waals surface area contributed by atoms with Gasteiger partial charge >= 0.3 is 6.18 Å². The number of nitrogens with one attached hydrogen (secondary N) is 1. The van der Waals surface area contributed by atoms with Gasteiger partial charge < -0.3 is 9.73 Å². The Kier molecular flexibility index (Phi) is 5.77. The van der Waals surface area contributed by atoms with Crippen molar-refractivity contribution in [3.8, 4) is 11.5 Å². The second-order valence-electron chi connectivity index (χ2n) is 6.09. The molecule has 0 aliphatic rings. The number of benzene rings is 2. The number of halogens is 4. The molecule has 146 valence electrons. The normalized spacial score (nSPS) is 11.4. The molecule has 0 unspecified atom stereocenters. The van der Waals surface area contributed by atoms with Crippen LogP contribution in [0.25, 0.3) is 11.5 Å². The van der Waals surface area contributed by atoms with Gasteiger partial charge in [-0.05, 0) is 29.8 Å². The van der Waals surface area contributed by atoms with Crippen LogP contribution >= 0.6 is 0 Å². The number of aromatic nitrogens is 1. The van der Waals surface area contributed by atoms with Gasteiger partial charge in [-0.3, -0.25) is 4.79 Å². The first-order chi connectivity index (χ1) is 13.3. The number of amides is 1. The zero-order valence-electron chi connectivity index (χ0n) is 14.6. The molecule has 0 saturated heterocycles. The summed E-state index contributed by atoms with van der Waals surface area (Å²) in [5.41, 5.74) is -0.00320. The van der Waals surface area contributed by atoms with Gasteiger partial charge in [-0.25, -0.2) is 9.37 Å². The van der Waals surface area contributed by atoms with E-state index in [4.69, 9.17) is 4.42 Å². The van der Waals surface area contributed by atoms with Gasteiger partial charge in [-0.1, -0.05) is 24.3 Å². The molecule has 4 nitrogen and oxygen atoms in total. The number of carbonyl (C=O) groups is 1. The summed E-state index contributed by atoms with van der Waals surface area (Å²) in [7, 11) is 0. The van der Waals surface area contributed by atoms with Gasteiger partial charge in [0.05, 0.1) is 17.7 Å². The van der Waals surface area contributed by atoms with Gasteiger partial charge in [0.1, 0.15) is 12.1 Å². The van der Waals surface area contributed by atoms with Crippen LogP contribution in [-0.2, 0) is 23.8 Å². The molecule has 1 heterocycles. The van der Waals surface area contributed by atoms with Crippen molar-refractivity contribution in [3.05, 3.63) is 77.4 Å². The lowest BCUT2D eigenvalue weighted by Gasteiger charge is -2.12. The Morgan fingerprint density at radius 2 is 1.86 bits per heavy atom. The molecule has 0 aliphatic heterocycles. The van der Waals surface area contributed by atoms with Gasteiger partial charge in [0.15, 0.2) is 0 Å². The first-order valence-corrected chi connectivity index (χ1v) is 8.45. The van der Waals surface area contributed by atoms with Gasteiger partial charge in [0.2, 0.25) is 11.8 Å². The first kappa shape index (κ1) is 19.6. The number of carbonyl (C=O) groups excluding carboxylic acids is 1. The highest BCUT2D eigenvalue weighted by Crippen LogP contribution is 2.32. The zero-order chi connectivity index (χ0) is 20.1. The van der Waals surface area contributed by atoms with Gasteiger partial charge in [0, 0.05) is 18.5 Å². The van der Waals surface area contributed by atoms with E-state index < -0.39 is 29.9 Å². The maximum absolute atomic E-state index is 13.1. The molecule has 1 amide bonds. The fourth-order valence-electron chi connectivity index (χ4n) is 2.67. The number of hydrogen-bond donors (Lipinski definition) is 1. The summed E-state index contributed by atoms with van der Waals surface area (Å²) < 4.78 is 57.4. The highest BCUT2D eigenvalue weighted by Gasteiger charge is 2.34. The van der Waals surface area contributed by atoms with Crippen molar-refractivity contribution >= 4 is 5.91 Å². The van der Waals surface area contributed by atoms with E-state index in [-0.39, 0.29) is 12.1 Å². The fourth-order valence-corrected chi connectivity index (χ4v) is 2.67. The minimum Gasteiger partial charge on any atom is -0.444 e. The minimum absolute atomic E-state index is 0.183. The van der Waals surface area contributed by atoms with Crippen LogP contribution in [0.15, 0.2) is 59.2 Å². The van der Waals surface area contributed by atoms with Crippen molar-refractivity contribution in [1.82, 2.24) is 10.3 Å². The average Bonchev–Trinajstić information content (AvgIpc) is 3.12. The number of alkyl halides is 3. The molecule has 3 aromatic rings. The SMILES string of the molecule is O=C(Cc1ccc(F)cc1C(F)(F)F)NCCc1coc(-c2ccccc2)n1. The van der Waals surface area contributed by atoms with Gasteiger partial charge in [-0.2, -0.15) is 13.2 Å². The molecular weight excluding hydrogens is 376 g/mol. The highest BCUT2D eigenvalue weighted by molar-refractivity contribution is 5.79. The van der Waals surface area contributed by atoms with E-state index in [1.165, 1.54) is 6.26 Å². The summed E-state index contributed by atoms with van der Waals surface area (Å²) in [6.07, 6.45) is -3.40. The molecule has 0 atom stereocenters. The van der Waals surface area contributed by atoms with Crippen LogP contribution in [0.3, 0.4) is 0 Å². The summed E-state index contributed by atoms with van der Waals surface area (Å²) in [5.74, 6) is -1.15. The van der Waals surface area contributed by atoms with Crippen molar-refractivity contribution in [3.63, 3.8) is 0 Å². The second-order valence-corrected chi connectivity index (χ2v) is 6.09. The van der Waals surface area contributed by atoms with Crippen molar-refractivity contribution in [2.45, 2.75) is 19.0 Å². The lowest BCUT2D eigenvalue weighted by molar-refractivity contribution is -0.138. The predicted molar refractivity (Wildman–Crippen MR) is 93.8 cm³/mol. The molecule has 8 heteroatoms. The Hall–Kier alpha value is -3.16. The summed E-state index contributed by atoms with van der Waals surface area (Å²) >= 11 is 0. The maximum Gasteiger partial charge on any atom is 0.416 e. The quantitative estimate of drug-likeness (QED) is 0.633. The summed E-state index contributed by atoms with van der Waals surface area (Å²) in [6.45, 7) is 0.183. The van der Waals surface area contributed by atoms with Crippen LogP contribution < -0.4 is 5.32 Å². The van der Waals surface area contributed by atoms with Crippen LogP contribution in [0.4, 0.5) is 17.6 Å². The molecule has 1 aromatic heterocycles. The van der Waals surface area contributed by atoms with Crippen LogP contribution in [0.2, 0.25) is 0 Å². The molecule has 0 saturated carbocycles. The third kappa shape index (κ3) is 4.97. The molecule has 1 N–H and O–H groups in total. The Morgan fingerprint density at radius 1 is 1.11 bits per heavy atom. The van der Waals surface area contributed by atoms with Crippen molar-refractivity contribution in [2.24, 2.45) is 0 Å². The first-order valence-electron chi connectivity index (χ1n) is 8.45. The summed E-state index contributed by atoms with van der Waals surface area (Å²) in [6, 6.07) is 11.5. The standard InChI is InChI=1S/C20H16F4N2O2/c21-15-7-6-14(17(11-15)20(22,23)24)10-18(27)25-9-8-16-12-28-19(26-16)13-4-2-1-3-5-13/h1-7,11-12H,8-10H2,(H,25,27). The Labute approximate surface area is 158 Å². The molecule has 0 radical (unpaired) electrons. The molecule has 0 aliphatic carbocycles. The van der Waals surface area contributed by atoms with Crippen molar-refractivity contribution in [2.75, 3.05) is 6.54 Å². The smallest absolute Gasteiger partial charge is 0.416 e. The molecule has 28 heavy (non-hydrogen) atoms. The minimum atomic E-state index is -4.73. The van der Waals surface area contributed by atoms with E-state index in [9.17, 15) is 22.4 Å². The Bertz CT molecular complexity index is 952. The molecule has 3 rings (SSSR count). The summed E-state index contributed by atoms with van der Waals surface area (Å²) in [4.78, 5) is 16.3. The lowest BCUT2D eigenvalue weighted by atomic mass is 10.0. The van der Waals surface area contributed by atoms with Crippen LogP contribution in [0.1, 0.15) is 16.8 Å². The monoisotopic (exact) mass is 392 g/mol.